The van der Waals surface area contributed by atoms with Gasteiger partial charge >= 0.3 is 0 Å². The van der Waals surface area contributed by atoms with Crippen molar-refractivity contribution in [1.29, 1.82) is 0 Å². The number of aliphatic hydroxyl groups excluding tert-OH is 1. The normalized spacial score (nSPS) is 16.0. The van der Waals surface area contributed by atoms with Gasteiger partial charge in [0.1, 0.15) is 0 Å². The van der Waals surface area contributed by atoms with Crippen molar-refractivity contribution in [3.05, 3.63) is 11.9 Å². The maximum Gasteiger partial charge on any atom is 0.233 e. The molecule has 0 saturated carbocycles. The Hall–Kier alpha value is -1.45. The molecule has 1 aliphatic heterocycles. The van der Waals surface area contributed by atoms with E-state index in [0.717, 1.165) is 25.9 Å². The number of nitrogens with zero attached hydrogens (tertiary/aromatic N) is 3. The zero-order chi connectivity index (χ0) is 15.2. The summed E-state index contributed by atoms with van der Waals surface area (Å²) >= 11 is 1.38. The van der Waals surface area contributed by atoms with Crippen molar-refractivity contribution in [2.75, 3.05) is 18.8 Å². The Kier molecular flexibility index (Phi) is 5.71. The Morgan fingerprint density at radius 2 is 2.29 bits per heavy atom. The standard InChI is InChI=1S/C15H21N3O2S/c1-3-6-18-13(10-19)9-16-15(18)21-11-14(20)17-7-4-12(2)5-8-17/h1,9,12,19H,4-8,10-11H2,2H3. The highest BCUT2D eigenvalue weighted by atomic mass is 32.2. The summed E-state index contributed by atoms with van der Waals surface area (Å²) in [6.45, 7) is 4.17. The second-order valence-corrected chi connectivity index (χ2v) is 6.27. The molecular formula is C15H21N3O2S. The van der Waals surface area contributed by atoms with Crippen LogP contribution in [0.2, 0.25) is 0 Å². The van der Waals surface area contributed by atoms with Crippen molar-refractivity contribution in [3.8, 4) is 12.3 Å². The molecule has 0 radical (unpaired) electrons. The van der Waals surface area contributed by atoms with Crippen molar-refractivity contribution in [3.63, 3.8) is 0 Å². The van der Waals surface area contributed by atoms with E-state index in [2.05, 4.69) is 17.8 Å². The lowest BCUT2D eigenvalue weighted by Crippen LogP contribution is -2.38. The highest BCUT2D eigenvalue weighted by Gasteiger charge is 2.21. The molecular weight excluding hydrogens is 286 g/mol. The van der Waals surface area contributed by atoms with Gasteiger partial charge in [-0.25, -0.2) is 4.98 Å². The van der Waals surface area contributed by atoms with Crippen LogP contribution in [0.25, 0.3) is 0 Å². The molecule has 2 rings (SSSR count). The van der Waals surface area contributed by atoms with Gasteiger partial charge in [-0.2, -0.15) is 0 Å². The third-order valence-electron chi connectivity index (χ3n) is 3.77. The minimum Gasteiger partial charge on any atom is -0.390 e. The maximum atomic E-state index is 12.2. The number of amides is 1. The molecule has 0 unspecified atom stereocenters. The quantitative estimate of drug-likeness (QED) is 0.659. The third-order valence-corrected chi connectivity index (χ3v) is 4.75. The van der Waals surface area contributed by atoms with Crippen LogP contribution in [0.15, 0.2) is 11.4 Å². The number of imidazole rings is 1. The number of carbonyl (C=O) groups excluding carboxylic acids is 1. The lowest BCUT2D eigenvalue weighted by molar-refractivity contribution is -0.129. The smallest absolute Gasteiger partial charge is 0.233 e. The summed E-state index contributed by atoms with van der Waals surface area (Å²) in [5, 5.41) is 9.94. The molecule has 0 atom stereocenters. The highest BCUT2D eigenvalue weighted by molar-refractivity contribution is 7.99. The van der Waals surface area contributed by atoms with E-state index in [0.29, 0.717) is 29.1 Å². The zero-order valence-corrected chi connectivity index (χ0v) is 13.1. The Morgan fingerprint density at radius 3 is 2.90 bits per heavy atom. The summed E-state index contributed by atoms with van der Waals surface area (Å²) in [5.74, 6) is 3.76. The summed E-state index contributed by atoms with van der Waals surface area (Å²) in [6.07, 6.45) is 9.10. The van der Waals surface area contributed by atoms with Gasteiger partial charge in [0.2, 0.25) is 5.91 Å². The van der Waals surface area contributed by atoms with Gasteiger partial charge in [0.25, 0.3) is 0 Å². The summed E-state index contributed by atoms with van der Waals surface area (Å²) in [6, 6.07) is 0. The first kappa shape index (κ1) is 15.9. The topological polar surface area (TPSA) is 58.4 Å². The molecule has 1 N–H and O–H groups in total. The molecule has 0 aliphatic carbocycles. The van der Waals surface area contributed by atoms with E-state index in [9.17, 15) is 9.90 Å². The van der Waals surface area contributed by atoms with E-state index in [1.165, 1.54) is 11.8 Å². The first-order chi connectivity index (χ1) is 10.2. The lowest BCUT2D eigenvalue weighted by atomic mass is 9.99. The molecule has 114 valence electrons. The first-order valence-electron chi connectivity index (χ1n) is 7.15. The van der Waals surface area contributed by atoms with Gasteiger partial charge in [-0.1, -0.05) is 24.6 Å². The van der Waals surface area contributed by atoms with Crippen LogP contribution in [0.1, 0.15) is 25.5 Å². The van der Waals surface area contributed by atoms with Crippen LogP contribution in [0.3, 0.4) is 0 Å². The van der Waals surface area contributed by atoms with Gasteiger partial charge in [-0.15, -0.1) is 6.42 Å². The number of hydrogen-bond donors (Lipinski definition) is 1. The van der Waals surface area contributed by atoms with E-state index in [-0.39, 0.29) is 12.5 Å². The van der Waals surface area contributed by atoms with Crippen LogP contribution in [-0.2, 0) is 17.9 Å². The molecule has 21 heavy (non-hydrogen) atoms. The number of rotatable bonds is 5. The fraction of sp³-hybridized carbons (Fsp3) is 0.600. The summed E-state index contributed by atoms with van der Waals surface area (Å²) in [7, 11) is 0. The molecule has 0 spiro atoms. The van der Waals surface area contributed by atoms with Gasteiger partial charge in [0.05, 0.1) is 30.8 Å². The van der Waals surface area contributed by atoms with Crippen molar-refractivity contribution >= 4 is 17.7 Å². The van der Waals surface area contributed by atoms with Crippen molar-refractivity contribution in [2.45, 2.75) is 38.1 Å². The van der Waals surface area contributed by atoms with Crippen molar-refractivity contribution in [1.82, 2.24) is 14.5 Å². The number of thioether (sulfide) groups is 1. The molecule has 1 aliphatic rings. The fourth-order valence-electron chi connectivity index (χ4n) is 2.37. The number of hydrogen-bond acceptors (Lipinski definition) is 4. The third kappa shape index (κ3) is 4.02. The monoisotopic (exact) mass is 307 g/mol. The number of aliphatic hydroxyl groups is 1. The second kappa shape index (κ2) is 7.53. The molecule has 1 aromatic heterocycles. The average molecular weight is 307 g/mol. The summed E-state index contributed by atoms with van der Waals surface area (Å²) in [4.78, 5) is 18.4. The molecule has 0 bridgehead atoms. The fourth-order valence-corrected chi connectivity index (χ4v) is 3.27. The van der Waals surface area contributed by atoms with E-state index in [4.69, 9.17) is 6.42 Å². The second-order valence-electron chi connectivity index (χ2n) is 5.33. The highest BCUT2D eigenvalue weighted by Crippen LogP contribution is 2.21. The zero-order valence-electron chi connectivity index (χ0n) is 12.3. The number of piperidine rings is 1. The van der Waals surface area contributed by atoms with Gasteiger partial charge < -0.3 is 14.6 Å². The minimum absolute atomic E-state index is 0.104. The largest absolute Gasteiger partial charge is 0.390 e. The number of likely N-dealkylation sites (tertiary alicyclic amines) is 1. The lowest BCUT2D eigenvalue weighted by Gasteiger charge is -2.30. The number of aromatic nitrogens is 2. The average Bonchev–Trinajstić information content (AvgIpc) is 2.88. The molecule has 1 amide bonds. The predicted octanol–water partition coefficient (Wildman–Crippen LogP) is 1.36. The molecule has 0 aromatic carbocycles. The number of carbonyl (C=O) groups is 1. The van der Waals surface area contributed by atoms with Crippen molar-refractivity contribution < 1.29 is 9.90 Å². The first-order valence-corrected chi connectivity index (χ1v) is 8.13. The molecule has 1 fully saturated rings. The van der Waals surface area contributed by atoms with E-state index in [1.807, 2.05) is 4.90 Å². The number of terminal acetylenes is 1. The van der Waals surface area contributed by atoms with Gasteiger partial charge in [0, 0.05) is 13.1 Å². The van der Waals surface area contributed by atoms with Gasteiger partial charge in [-0.3, -0.25) is 4.79 Å². The molecule has 1 aromatic rings. The predicted molar refractivity (Wildman–Crippen MR) is 82.7 cm³/mol. The van der Waals surface area contributed by atoms with Crippen LogP contribution in [0.5, 0.6) is 0 Å². The Labute approximate surface area is 129 Å². The Bertz CT molecular complexity index is 528. The maximum absolute atomic E-state index is 12.2. The van der Waals surface area contributed by atoms with Crippen molar-refractivity contribution in [2.24, 2.45) is 5.92 Å². The van der Waals surface area contributed by atoms with Crippen LogP contribution >= 0.6 is 11.8 Å². The van der Waals surface area contributed by atoms with Gasteiger partial charge in [0.15, 0.2) is 5.16 Å². The molecule has 6 heteroatoms. The van der Waals surface area contributed by atoms with E-state index in [1.54, 1.807) is 10.8 Å². The minimum atomic E-state index is -0.104. The molecule has 2 heterocycles. The van der Waals surface area contributed by atoms with Crippen LogP contribution < -0.4 is 0 Å². The molecule has 5 nitrogen and oxygen atoms in total. The molecule has 1 saturated heterocycles. The summed E-state index contributed by atoms with van der Waals surface area (Å²) < 4.78 is 1.77. The van der Waals surface area contributed by atoms with E-state index < -0.39 is 0 Å². The Morgan fingerprint density at radius 1 is 1.57 bits per heavy atom. The van der Waals surface area contributed by atoms with Crippen LogP contribution in [-0.4, -0.2) is 44.3 Å². The van der Waals surface area contributed by atoms with E-state index >= 15 is 0 Å². The van der Waals surface area contributed by atoms with Crippen LogP contribution in [0, 0.1) is 18.3 Å². The van der Waals surface area contributed by atoms with Gasteiger partial charge in [-0.05, 0) is 18.8 Å². The summed E-state index contributed by atoms with van der Waals surface area (Å²) in [5.41, 5.74) is 0.676. The Balaban J connectivity index is 1.92. The van der Waals surface area contributed by atoms with Crippen LogP contribution in [0.4, 0.5) is 0 Å². The SMILES string of the molecule is C#CCn1c(CO)cnc1SCC(=O)N1CCC(C)CC1.